The summed E-state index contributed by atoms with van der Waals surface area (Å²) in [6.07, 6.45) is 8.36. The van der Waals surface area contributed by atoms with Crippen LogP contribution in [0.4, 0.5) is 4.39 Å². The Morgan fingerprint density at radius 2 is 2.12 bits per heavy atom. The molecule has 0 atom stereocenters. The van der Waals surface area contributed by atoms with Crippen molar-refractivity contribution in [3.63, 3.8) is 0 Å². The molecule has 0 amide bonds. The van der Waals surface area contributed by atoms with Crippen LogP contribution in [-0.2, 0) is 6.54 Å². The number of hydrogen-bond donors (Lipinski definition) is 1. The molecule has 1 aliphatic carbocycles. The Morgan fingerprint density at radius 1 is 1.31 bits per heavy atom. The molecule has 88 valence electrons. The summed E-state index contributed by atoms with van der Waals surface area (Å²) in [5, 5.41) is 3.31. The Labute approximate surface area is 96.3 Å². The molecular weight excluding hydrogens is 203 g/mol. The van der Waals surface area contributed by atoms with Gasteiger partial charge >= 0.3 is 0 Å². The summed E-state index contributed by atoms with van der Waals surface area (Å²) < 4.78 is 13.3. The predicted molar refractivity (Wildman–Crippen MR) is 62.5 cm³/mol. The lowest BCUT2D eigenvalue weighted by Gasteiger charge is -2.21. The molecule has 1 aromatic rings. The van der Waals surface area contributed by atoms with E-state index in [0.29, 0.717) is 12.2 Å². The second-order valence-corrected chi connectivity index (χ2v) is 4.57. The molecule has 0 aromatic carbocycles. The highest BCUT2D eigenvalue weighted by atomic mass is 19.1. The van der Waals surface area contributed by atoms with E-state index < -0.39 is 0 Å². The van der Waals surface area contributed by atoms with Crippen LogP contribution in [0.25, 0.3) is 0 Å². The molecule has 1 aromatic heterocycles. The molecule has 16 heavy (non-hydrogen) atoms. The van der Waals surface area contributed by atoms with E-state index in [4.69, 9.17) is 0 Å². The molecule has 0 saturated heterocycles. The zero-order chi connectivity index (χ0) is 11.2. The molecule has 1 aliphatic rings. The van der Waals surface area contributed by atoms with Crippen LogP contribution >= 0.6 is 0 Å². The van der Waals surface area contributed by atoms with Crippen LogP contribution in [0.1, 0.15) is 37.8 Å². The number of pyridine rings is 1. The van der Waals surface area contributed by atoms with Gasteiger partial charge in [0.15, 0.2) is 0 Å². The fourth-order valence-electron chi connectivity index (χ4n) is 2.33. The first-order chi connectivity index (χ1) is 7.86. The maximum atomic E-state index is 13.3. The van der Waals surface area contributed by atoms with E-state index >= 15 is 0 Å². The number of nitrogens with one attached hydrogen (secondary N) is 1. The normalized spacial score (nSPS) is 17.6. The number of halogens is 1. The molecule has 1 fully saturated rings. The third-order valence-electron chi connectivity index (χ3n) is 3.28. The maximum Gasteiger partial charge on any atom is 0.146 e. The molecule has 1 heterocycles. The SMILES string of the molecule is Fc1cccnc1CNCC1CCCCC1. The predicted octanol–water partition coefficient (Wildman–Crippen LogP) is 2.89. The van der Waals surface area contributed by atoms with Crippen LogP contribution in [0.3, 0.4) is 0 Å². The molecular formula is C13H19FN2. The molecule has 0 bridgehead atoms. The van der Waals surface area contributed by atoms with Gasteiger partial charge in [0, 0.05) is 12.7 Å². The smallest absolute Gasteiger partial charge is 0.146 e. The summed E-state index contributed by atoms with van der Waals surface area (Å²) in [4.78, 5) is 4.02. The van der Waals surface area contributed by atoms with Crippen molar-refractivity contribution in [3.8, 4) is 0 Å². The second kappa shape index (κ2) is 5.94. The monoisotopic (exact) mass is 222 g/mol. The van der Waals surface area contributed by atoms with Gasteiger partial charge in [-0.15, -0.1) is 0 Å². The van der Waals surface area contributed by atoms with Gasteiger partial charge in [0.05, 0.1) is 5.69 Å². The lowest BCUT2D eigenvalue weighted by Crippen LogP contribution is -2.24. The van der Waals surface area contributed by atoms with Gasteiger partial charge in [-0.25, -0.2) is 4.39 Å². The number of nitrogens with zero attached hydrogens (tertiary/aromatic N) is 1. The minimum atomic E-state index is -0.210. The largest absolute Gasteiger partial charge is 0.311 e. The van der Waals surface area contributed by atoms with Crippen molar-refractivity contribution < 1.29 is 4.39 Å². The summed E-state index contributed by atoms with van der Waals surface area (Å²) >= 11 is 0. The fourth-order valence-corrected chi connectivity index (χ4v) is 2.33. The van der Waals surface area contributed by atoms with Gasteiger partial charge in [-0.05, 0) is 37.4 Å². The van der Waals surface area contributed by atoms with E-state index in [1.165, 1.54) is 38.2 Å². The first kappa shape index (κ1) is 11.5. The van der Waals surface area contributed by atoms with Crippen LogP contribution in [-0.4, -0.2) is 11.5 Å². The van der Waals surface area contributed by atoms with Crippen LogP contribution in [0.5, 0.6) is 0 Å². The Hall–Kier alpha value is -0.960. The first-order valence-electron chi connectivity index (χ1n) is 6.16. The van der Waals surface area contributed by atoms with Gasteiger partial charge < -0.3 is 5.32 Å². The van der Waals surface area contributed by atoms with Crippen molar-refractivity contribution in [1.29, 1.82) is 0 Å². The average molecular weight is 222 g/mol. The van der Waals surface area contributed by atoms with E-state index in [-0.39, 0.29) is 5.82 Å². The van der Waals surface area contributed by atoms with Crippen molar-refractivity contribution in [2.24, 2.45) is 5.92 Å². The maximum absolute atomic E-state index is 13.3. The molecule has 3 heteroatoms. The highest BCUT2D eigenvalue weighted by Gasteiger charge is 2.12. The number of hydrogen-bond acceptors (Lipinski definition) is 2. The third-order valence-corrected chi connectivity index (χ3v) is 3.28. The van der Waals surface area contributed by atoms with Gasteiger partial charge in [0.1, 0.15) is 5.82 Å². The lowest BCUT2D eigenvalue weighted by atomic mass is 9.89. The topological polar surface area (TPSA) is 24.9 Å². The van der Waals surface area contributed by atoms with Gasteiger partial charge in [0.25, 0.3) is 0 Å². The molecule has 0 radical (unpaired) electrons. The molecule has 1 N–H and O–H groups in total. The highest BCUT2D eigenvalue weighted by molar-refractivity contribution is 5.06. The minimum absolute atomic E-state index is 0.210. The zero-order valence-corrected chi connectivity index (χ0v) is 9.58. The molecule has 0 spiro atoms. The zero-order valence-electron chi connectivity index (χ0n) is 9.58. The van der Waals surface area contributed by atoms with Gasteiger partial charge in [0.2, 0.25) is 0 Å². The number of rotatable bonds is 4. The fraction of sp³-hybridized carbons (Fsp3) is 0.615. The van der Waals surface area contributed by atoms with Crippen molar-refractivity contribution in [2.75, 3.05) is 6.54 Å². The van der Waals surface area contributed by atoms with E-state index in [1.807, 2.05) is 0 Å². The molecule has 0 unspecified atom stereocenters. The average Bonchev–Trinajstić information content (AvgIpc) is 2.33. The van der Waals surface area contributed by atoms with Crippen LogP contribution in [0.15, 0.2) is 18.3 Å². The van der Waals surface area contributed by atoms with E-state index in [1.54, 1.807) is 12.3 Å². The molecule has 2 nitrogen and oxygen atoms in total. The highest BCUT2D eigenvalue weighted by Crippen LogP contribution is 2.22. The van der Waals surface area contributed by atoms with E-state index in [2.05, 4.69) is 10.3 Å². The molecule has 1 saturated carbocycles. The standard InChI is InChI=1S/C13H19FN2/c14-12-7-4-8-16-13(12)10-15-9-11-5-2-1-3-6-11/h4,7-8,11,15H,1-3,5-6,9-10H2. The summed E-state index contributed by atoms with van der Waals surface area (Å²) in [5.74, 6) is 0.569. The Morgan fingerprint density at radius 3 is 2.88 bits per heavy atom. The Balaban J connectivity index is 1.73. The summed E-state index contributed by atoms with van der Waals surface area (Å²) in [7, 11) is 0. The Bertz CT molecular complexity index is 321. The molecule has 0 aliphatic heterocycles. The lowest BCUT2D eigenvalue weighted by molar-refractivity contribution is 0.340. The summed E-state index contributed by atoms with van der Waals surface area (Å²) in [6.45, 7) is 1.54. The van der Waals surface area contributed by atoms with E-state index in [0.717, 1.165) is 12.5 Å². The van der Waals surface area contributed by atoms with Gasteiger partial charge in [-0.2, -0.15) is 0 Å². The summed E-state index contributed by atoms with van der Waals surface area (Å²) in [6, 6.07) is 3.09. The van der Waals surface area contributed by atoms with Crippen LogP contribution in [0.2, 0.25) is 0 Å². The minimum Gasteiger partial charge on any atom is -0.311 e. The Kier molecular flexibility index (Phi) is 4.28. The molecule has 2 rings (SSSR count). The summed E-state index contributed by atoms with van der Waals surface area (Å²) in [5.41, 5.74) is 0.526. The van der Waals surface area contributed by atoms with E-state index in [9.17, 15) is 4.39 Å². The number of aromatic nitrogens is 1. The van der Waals surface area contributed by atoms with Crippen LogP contribution in [0, 0.1) is 11.7 Å². The van der Waals surface area contributed by atoms with Gasteiger partial charge in [-0.3, -0.25) is 4.98 Å². The van der Waals surface area contributed by atoms with Crippen molar-refractivity contribution in [2.45, 2.75) is 38.6 Å². The quantitative estimate of drug-likeness (QED) is 0.847. The van der Waals surface area contributed by atoms with Crippen molar-refractivity contribution >= 4 is 0 Å². The third kappa shape index (κ3) is 3.27. The van der Waals surface area contributed by atoms with Crippen molar-refractivity contribution in [3.05, 3.63) is 29.8 Å². The van der Waals surface area contributed by atoms with Crippen molar-refractivity contribution in [1.82, 2.24) is 10.3 Å². The first-order valence-corrected chi connectivity index (χ1v) is 6.16. The van der Waals surface area contributed by atoms with Gasteiger partial charge in [-0.1, -0.05) is 19.3 Å². The second-order valence-electron chi connectivity index (χ2n) is 4.57. The van der Waals surface area contributed by atoms with Crippen LogP contribution < -0.4 is 5.32 Å².